The number of carbonyl (C=O) groups excluding carboxylic acids is 1. The third-order valence-corrected chi connectivity index (χ3v) is 8.52. The minimum Gasteiger partial charge on any atom is -0.495 e. The molecule has 0 unspecified atom stereocenters. The van der Waals surface area contributed by atoms with E-state index in [4.69, 9.17) is 21.1 Å². The van der Waals surface area contributed by atoms with Gasteiger partial charge in [-0.15, -0.1) is 11.3 Å². The van der Waals surface area contributed by atoms with E-state index in [1.165, 1.54) is 17.8 Å². The maximum Gasteiger partial charge on any atom is 0.345 e. The molecule has 1 aliphatic carbocycles. The topological polar surface area (TPSA) is 81.0 Å². The second-order valence-corrected chi connectivity index (χ2v) is 10.6. The molecule has 9 heteroatoms. The maximum absolute atomic E-state index is 13.4. The van der Waals surface area contributed by atoms with Crippen molar-refractivity contribution < 1.29 is 24.2 Å². The van der Waals surface area contributed by atoms with Crippen LogP contribution < -0.4 is 4.74 Å². The number of hydrogen-bond donors (Lipinski definition) is 1. The molecule has 1 saturated heterocycles. The molecule has 2 aromatic heterocycles. The highest BCUT2D eigenvalue weighted by atomic mass is 35.5. The molecule has 0 atom stereocenters. The number of hydrogen-bond acceptors (Lipinski definition) is 5. The summed E-state index contributed by atoms with van der Waals surface area (Å²) < 4.78 is 13.8. The molecule has 7 nitrogen and oxygen atoms in total. The van der Waals surface area contributed by atoms with E-state index >= 15 is 0 Å². The summed E-state index contributed by atoms with van der Waals surface area (Å²) in [6.07, 6.45) is 5.60. The van der Waals surface area contributed by atoms with Crippen molar-refractivity contribution in [2.75, 3.05) is 33.4 Å². The maximum atomic E-state index is 13.4. The van der Waals surface area contributed by atoms with Crippen LogP contribution in [0.5, 0.6) is 5.75 Å². The quantitative estimate of drug-likeness (QED) is 0.459. The Morgan fingerprint density at radius 3 is 2.57 bits per heavy atom. The van der Waals surface area contributed by atoms with Crippen LogP contribution in [0.4, 0.5) is 0 Å². The number of benzene rings is 1. The Morgan fingerprint density at radius 2 is 1.91 bits per heavy atom. The number of halogens is 1. The van der Waals surface area contributed by atoms with Crippen LogP contribution >= 0.6 is 22.9 Å². The van der Waals surface area contributed by atoms with Gasteiger partial charge in [0.2, 0.25) is 5.91 Å². The second kappa shape index (κ2) is 10.2. The molecular formula is C26H29ClN2O5S. The van der Waals surface area contributed by atoms with Gasteiger partial charge in [0.25, 0.3) is 0 Å². The second-order valence-electron chi connectivity index (χ2n) is 9.16. The number of aromatic carboxylic acids is 1. The van der Waals surface area contributed by atoms with Crippen LogP contribution in [0, 0.1) is 0 Å². The third kappa shape index (κ3) is 4.67. The summed E-state index contributed by atoms with van der Waals surface area (Å²) in [6.45, 7) is 2.32. The monoisotopic (exact) mass is 516 g/mol. The standard InChI is InChI=1S/C26H29ClN2O5S/c1-33-20-8-7-17(13-18(20)27)24-23(16-5-3-2-4-6-16)25-19(14-21(35-25)26(31)32)29(24)15-22(30)28-9-11-34-12-10-28/h7-8,13-14,16H,2-6,9-12,15H2,1H3,(H,31,32). The first-order valence-electron chi connectivity index (χ1n) is 12.1. The number of fused-ring (bicyclic) bond motifs is 1. The molecule has 35 heavy (non-hydrogen) atoms. The summed E-state index contributed by atoms with van der Waals surface area (Å²) in [5, 5.41) is 10.2. The molecular weight excluding hydrogens is 488 g/mol. The van der Waals surface area contributed by atoms with Crippen molar-refractivity contribution >= 4 is 45.0 Å². The van der Waals surface area contributed by atoms with Gasteiger partial charge in [-0.3, -0.25) is 4.79 Å². The van der Waals surface area contributed by atoms with E-state index in [1.807, 2.05) is 27.7 Å². The Labute approximate surface area is 213 Å². The molecule has 3 heterocycles. The van der Waals surface area contributed by atoms with Crippen LogP contribution in [0.2, 0.25) is 5.02 Å². The highest BCUT2D eigenvalue weighted by Gasteiger charge is 2.30. The number of carbonyl (C=O) groups is 2. The summed E-state index contributed by atoms with van der Waals surface area (Å²) >= 11 is 7.85. The minimum absolute atomic E-state index is 0.00401. The van der Waals surface area contributed by atoms with Gasteiger partial charge in [0.15, 0.2) is 0 Å². The average molecular weight is 517 g/mol. The third-order valence-electron chi connectivity index (χ3n) is 7.08. The van der Waals surface area contributed by atoms with Gasteiger partial charge >= 0.3 is 5.97 Å². The van der Waals surface area contributed by atoms with Crippen molar-refractivity contribution in [2.24, 2.45) is 0 Å². The zero-order valence-electron chi connectivity index (χ0n) is 19.7. The molecule has 1 amide bonds. The van der Waals surface area contributed by atoms with E-state index in [2.05, 4.69) is 0 Å². The van der Waals surface area contributed by atoms with E-state index in [9.17, 15) is 14.7 Å². The van der Waals surface area contributed by atoms with E-state index in [-0.39, 0.29) is 12.5 Å². The van der Waals surface area contributed by atoms with Gasteiger partial charge in [0.05, 0.1) is 41.3 Å². The van der Waals surface area contributed by atoms with E-state index in [0.29, 0.717) is 47.9 Å². The zero-order valence-corrected chi connectivity index (χ0v) is 21.3. The molecule has 3 aromatic rings. The highest BCUT2D eigenvalue weighted by Crippen LogP contribution is 2.47. The Morgan fingerprint density at radius 1 is 1.17 bits per heavy atom. The Kier molecular flexibility index (Phi) is 7.05. The largest absolute Gasteiger partial charge is 0.495 e. The van der Waals surface area contributed by atoms with Crippen LogP contribution in [0.15, 0.2) is 24.3 Å². The van der Waals surface area contributed by atoms with Crippen LogP contribution in [0.1, 0.15) is 53.3 Å². The molecule has 186 valence electrons. The number of thiophene rings is 1. The van der Waals surface area contributed by atoms with Gasteiger partial charge in [-0.05, 0) is 48.6 Å². The number of carboxylic acids is 1. The first kappa shape index (κ1) is 24.2. The van der Waals surface area contributed by atoms with Crippen molar-refractivity contribution in [3.05, 3.63) is 39.7 Å². The van der Waals surface area contributed by atoms with Crippen molar-refractivity contribution in [1.82, 2.24) is 9.47 Å². The average Bonchev–Trinajstić information content (AvgIpc) is 3.43. The van der Waals surface area contributed by atoms with Gasteiger partial charge in [-0.2, -0.15) is 0 Å². The van der Waals surface area contributed by atoms with Crippen molar-refractivity contribution in [1.29, 1.82) is 0 Å². The van der Waals surface area contributed by atoms with Crippen LogP contribution in [0.3, 0.4) is 0 Å². The van der Waals surface area contributed by atoms with E-state index in [0.717, 1.165) is 52.7 Å². The number of ether oxygens (including phenoxy) is 2. The lowest BCUT2D eigenvalue weighted by Gasteiger charge is -2.28. The number of morpholine rings is 1. The molecule has 1 aromatic carbocycles. The van der Waals surface area contributed by atoms with Crippen LogP contribution in [-0.2, 0) is 16.1 Å². The fraction of sp³-hybridized carbons (Fsp3) is 0.462. The fourth-order valence-electron chi connectivity index (χ4n) is 5.36. The number of carboxylic acid groups (broad SMARTS) is 1. The van der Waals surface area contributed by atoms with Crippen LogP contribution in [-0.4, -0.2) is 59.9 Å². The minimum atomic E-state index is -0.944. The van der Waals surface area contributed by atoms with E-state index in [1.54, 1.807) is 13.2 Å². The normalized spacial score (nSPS) is 17.1. The van der Waals surface area contributed by atoms with Crippen molar-refractivity contribution in [2.45, 2.75) is 44.6 Å². The molecule has 2 fully saturated rings. The summed E-state index contributed by atoms with van der Waals surface area (Å²) in [7, 11) is 1.58. The molecule has 0 radical (unpaired) electrons. The smallest absolute Gasteiger partial charge is 0.345 e. The molecule has 1 saturated carbocycles. The SMILES string of the molecule is COc1ccc(-c2c(C3CCCCC3)c3sc(C(=O)O)cc3n2CC(=O)N2CCOCC2)cc1Cl. The number of rotatable bonds is 6. The lowest BCUT2D eigenvalue weighted by atomic mass is 9.83. The fourth-order valence-corrected chi connectivity index (χ4v) is 6.74. The summed E-state index contributed by atoms with van der Waals surface area (Å²) in [6, 6.07) is 7.43. The highest BCUT2D eigenvalue weighted by molar-refractivity contribution is 7.21. The van der Waals surface area contributed by atoms with Gasteiger partial charge in [0.1, 0.15) is 17.2 Å². The number of methoxy groups -OCH3 is 1. The van der Waals surface area contributed by atoms with Crippen LogP contribution in [0.25, 0.3) is 21.5 Å². The summed E-state index contributed by atoms with van der Waals surface area (Å²) in [5.41, 5.74) is 3.82. The molecule has 2 aliphatic rings. The number of aromatic nitrogens is 1. The molecule has 1 N–H and O–H groups in total. The van der Waals surface area contributed by atoms with Gasteiger partial charge < -0.3 is 24.0 Å². The molecule has 0 spiro atoms. The van der Waals surface area contributed by atoms with Crippen molar-refractivity contribution in [3.63, 3.8) is 0 Å². The Bertz CT molecular complexity index is 1250. The lowest BCUT2D eigenvalue weighted by molar-refractivity contribution is -0.135. The molecule has 1 aliphatic heterocycles. The Hall–Kier alpha value is -2.55. The number of nitrogens with zero attached hydrogens (tertiary/aromatic N) is 2. The summed E-state index contributed by atoms with van der Waals surface area (Å²) in [4.78, 5) is 27.4. The first-order valence-corrected chi connectivity index (χ1v) is 13.3. The predicted octanol–water partition coefficient (Wildman–Crippen LogP) is 5.64. The van der Waals surface area contributed by atoms with Gasteiger partial charge in [0, 0.05) is 18.7 Å². The first-order chi connectivity index (χ1) is 17.0. The van der Waals surface area contributed by atoms with E-state index < -0.39 is 5.97 Å². The zero-order chi connectivity index (χ0) is 24.5. The van der Waals surface area contributed by atoms with Gasteiger partial charge in [-0.25, -0.2) is 4.79 Å². The molecule has 0 bridgehead atoms. The van der Waals surface area contributed by atoms with Gasteiger partial charge in [-0.1, -0.05) is 30.9 Å². The predicted molar refractivity (Wildman–Crippen MR) is 137 cm³/mol. The lowest BCUT2D eigenvalue weighted by Crippen LogP contribution is -2.42. The van der Waals surface area contributed by atoms with Crippen molar-refractivity contribution in [3.8, 4) is 17.0 Å². The molecule has 5 rings (SSSR count). The Balaban J connectivity index is 1.71. The summed E-state index contributed by atoms with van der Waals surface area (Å²) in [5.74, 6) is -0.0421. The number of amides is 1.